The number of nitrogens with zero attached hydrogens (tertiary/aromatic N) is 2. The average Bonchev–Trinajstić information content (AvgIpc) is 2.93. The fourth-order valence-corrected chi connectivity index (χ4v) is 2.32. The minimum atomic E-state index is -0.302. The molecule has 6 N–H and O–H groups in total. The molecular formula is C15H23N7O2. The number of hydrogen-bond donors (Lipinski definition) is 5. The van der Waals surface area contributed by atoms with E-state index in [1.54, 1.807) is 10.8 Å². The number of carbonyl (C=O) groups is 1. The molecule has 0 aliphatic carbocycles. The molecule has 0 aliphatic heterocycles. The number of H-pyrrole nitrogens is 1. The summed E-state index contributed by atoms with van der Waals surface area (Å²) in [5.41, 5.74) is 6.48. The van der Waals surface area contributed by atoms with Crippen molar-refractivity contribution in [1.29, 1.82) is 5.41 Å². The molecule has 0 fully saturated rings. The number of nitrogens with two attached hydrogens (primary N) is 1. The molecule has 0 unspecified atom stereocenters. The maximum atomic E-state index is 12.0. The minimum absolute atomic E-state index is 0.122. The van der Waals surface area contributed by atoms with Crippen LogP contribution in [0, 0.1) is 5.41 Å². The highest BCUT2D eigenvalue weighted by molar-refractivity contribution is 5.78. The molecule has 9 nitrogen and oxygen atoms in total. The predicted octanol–water partition coefficient (Wildman–Crippen LogP) is -0.334. The van der Waals surface area contributed by atoms with Crippen LogP contribution in [-0.4, -0.2) is 39.5 Å². The van der Waals surface area contributed by atoms with Crippen molar-refractivity contribution >= 4 is 22.9 Å². The Labute approximate surface area is 139 Å². The number of fused-ring (bicyclic) bond motifs is 1. The van der Waals surface area contributed by atoms with E-state index < -0.39 is 0 Å². The van der Waals surface area contributed by atoms with Gasteiger partial charge in [-0.3, -0.25) is 14.8 Å². The standard InChI is InChI=1S/C15H23N7O2/c1-2-11-8-10-9-22(15(24)21-13(10)20-11)7-3-5-18-12(23)4-6-19-14(16)17/h8-9H,2-7H2,1H3,(H,18,23)(H4,16,17,19)(H,20,21,24). The van der Waals surface area contributed by atoms with E-state index in [-0.39, 0.29) is 24.0 Å². The van der Waals surface area contributed by atoms with E-state index >= 15 is 0 Å². The Bertz CT molecular complexity index is 778. The van der Waals surface area contributed by atoms with Crippen LogP contribution in [0.15, 0.2) is 17.1 Å². The summed E-state index contributed by atoms with van der Waals surface area (Å²) >= 11 is 0. The summed E-state index contributed by atoms with van der Waals surface area (Å²) in [6.07, 6.45) is 3.52. The van der Waals surface area contributed by atoms with Gasteiger partial charge >= 0.3 is 5.69 Å². The molecule has 0 saturated carbocycles. The molecular weight excluding hydrogens is 310 g/mol. The molecule has 2 rings (SSSR count). The van der Waals surface area contributed by atoms with Crippen LogP contribution in [0.2, 0.25) is 0 Å². The molecule has 0 saturated heterocycles. The van der Waals surface area contributed by atoms with Gasteiger partial charge in [0.1, 0.15) is 5.65 Å². The first-order valence-corrected chi connectivity index (χ1v) is 7.93. The number of aromatic nitrogens is 3. The van der Waals surface area contributed by atoms with Crippen molar-refractivity contribution in [2.45, 2.75) is 32.7 Å². The zero-order valence-corrected chi connectivity index (χ0v) is 13.7. The quantitative estimate of drug-likeness (QED) is 0.255. The number of nitrogens with one attached hydrogen (secondary N) is 4. The number of guanidine groups is 1. The smallest absolute Gasteiger partial charge is 0.349 e. The second-order valence-electron chi connectivity index (χ2n) is 5.46. The number of rotatable bonds is 8. The maximum Gasteiger partial charge on any atom is 0.349 e. The Kier molecular flexibility index (Phi) is 5.94. The largest absolute Gasteiger partial charge is 0.370 e. The fourth-order valence-electron chi connectivity index (χ4n) is 2.32. The molecule has 2 aromatic rings. The zero-order valence-electron chi connectivity index (χ0n) is 13.7. The molecule has 1 amide bonds. The van der Waals surface area contributed by atoms with Crippen LogP contribution in [-0.2, 0) is 17.8 Å². The van der Waals surface area contributed by atoms with Gasteiger partial charge in [-0.2, -0.15) is 4.98 Å². The van der Waals surface area contributed by atoms with Gasteiger partial charge in [-0.05, 0) is 18.9 Å². The lowest BCUT2D eigenvalue weighted by Crippen LogP contribution is -2.34. The second kappa shape index (κ2) is 8.14. The van der Waals surface area contributed by atoms with Crippen molar-refractivity contribution in [3.8, 4) is 0 Å². The van der Waals surface area contributed by atoms with Gasteiger partial charge in [0, 0.05) is 43.3 Å². The van der Waals surface area contributed by atoms with Crippen molar-refractivity contribution in [2.24, 2.45) is 5.73 Å². The molecule has 2 heterocycles. The topological polar surface area (TPSA) is 142 Å². The maximum absolute atomic E-state index is 12.0. The minimum Gasteiger partial charge on any atom is -0.370 e. The molecule has 9 heteroatoms. The highest BCUT2D eigenvalue weighted by Crippen LogP contribution is 2.11. The van der Waals surface area contributed by atoms with E-state index in [1.807, 2.05) is 13.0 Å². The van der Waals surface area contributed by atoms with Crippen molar-refractivity contribution in [1.82, 2.24) is 25.2 Å². The second-order valence-corrected chi connectivity index (χ2v) is 5.46. The predicted molar refractivity (Wildman–Crippen MR) is 91.9 cm³/mol. The van der Waals surface area contributed by atoms with E-state index in [4.69, 9.17) is 11.1 Å². The molecule has 0 spiro atoms. The summed E-state index contributed by atoms with van der Waals surface area (Å²) in [5, 5.41) is 13.2. The molecule has 0 atom stereocenters. The monoisotopic (exact) mass is 333 g/mol. The van der Waals surface area contributed by atoms with Gasteiger partial charge in [0.2, 0.25) is 5.91 Å². The molecule has 130 valence electrons. The Hall–Kier alpha value is -2.84. The summed E-state index contributed by atoms with van der Waals surface area (Å²) < 4.78 is 1.55. The molecule has 0 radical (unpaired) electrons. The Balaban J connectivity index is 1.81. The highest BCUT2D eigenvalue weighted by atomic mass is 16.2. The van der Waals surface area contributed by atoms with E-state index in [9.17, 15) is 9.59 Å². The van der Waals surface area contributed by atoms with Gasteiger partial charge in [0.15, 0.2) is 5.96 Å². The lowest BCUT2D eigenvalue weighted by atomic mass is 10.3. The molecule has 0 aliphatic rings. The van der Waals surface area contributed by atoms with Crippen molar-refractivity contribution in [2.75, 3.05) is 13.1 Å². The van der Waals surface area contributed by atoms with Crippen LogP contribution in [0.25, 0.3) is 11.0 Å². The van der Waals surface area contributed by atoms with Crippen molar-refractivity contribution in [3.05, 3.63) is 28.4 Å². The lowest BCUT2D eigenvalue weighted by Gasteiger charge is -2.07. The van der Waals surface area contributed by atoms with E-state index in [0.717, 1.165) is 17.5 Å². The average molecular weight is 333 g/mol. The lowest BCUT2D eigenvalue weighted by molar-refractivity contribution is -0.120. The summed E-state index contributed by atoms with van der Waals surface area (Å²) in [6.45, 7) is 3.32. The summed E-state index contributed by atoms with van der Waals surface area (Å²) in [6, 6.07) is 1.99. The number of aryl methyl sites for hydroxylation is 2. The third-order valence-corrected chi connectivity index (χ3v) is 3.58. The summed E-state index contributed by atoms with van der Waals surface area (Å²) in [7, 11) is 0. The molecule has 2 aromatic heterocycles. The van der Waals surface area contributed by atoms with Gasteiger partial charge in [-0.25, -0.2) is 4.79 Å². The summed E-state index contributed by atoms with van der Waals surface area (Å²) in [4.78, 5) is 30.7. The third-order valence-electron chi connectivity index (χ3n) is 3.58. The Morgan fingerprint density at radius 2 is 2.21 bits per heavy atom. The number of amides is 1. The first kappa shape index (κ1) is 17.5. The van der Waals surface area contributed by atoms with Crippen LogP contribution < -0.4 is 22.1 Å². The van der Waals surface area contributed by atoms with Crippen LogP contribution in [0.3, 0.4) is 0 Å². The van der Waals surface area contributed by atoms with Crippen LogP contribution in [0.1, 0.15) is 25.5 Å². The van der Waals surface area contributed by atoms with Crippen molar-refractivity contribution in [3.63, 3.8) is 0 Å². The van der Waals surface area contributed by atoms with Gasteiger partial charge in [-0.15, -0.1) is 0 Å². The normalized spacial score (nSPS) is 10.7. The van der Waals surface area contributed by atoms with Crippen molar-refractivity contribution < 1.29 is 4.79 Å². The van der Waals surface area contributed by atoms with Crippen LogP contribution in [0.4, 0.5) is 0 Å². The van der Waals surface area contributed by atoms with E-state index in [2.05, 4.69) is 20.6 Å². The Morgan fingerprint density at radius 3 is 2.92 bits per heavy atom. The van der Waals surface area contributed by atoms with Gasteiger partial charge in [0.25, 0.3) is 0 Å². The molecule has 0 aromatic carbocycles. The zero-order chi connectivity index (χ0) is 17.5. The number of aromatic amines is 1. The third kappa shape index (κ3) is 4.83. The fraction of sp³-hybridized carbons (Fsp3) is 0.467. The van der Waals surface area contributed by atoms with Crippen LogP contribution in [0.5, 0.6) is 0 Å². The number of hydrogen-bond acceptors (Lipinski definition) is 4. The first-order valence-electron chi connectivity index (χ1n) is 7.93. The van der Waals surface area contributed by atoms with Gasteiger partial charge < -0.3 is 21.4 Å². The Morgan fingerprint density at radius 1 is 1.42 bits per heavy atom. The van der Waals surface area contributed by atoms with Gasteiger partial charge in [0.05, 0.1) is 0 Å². The molecule has 0 bridgehead atoms. The van der Waals surface area contributed by atoms with E-state index in [1.165, 1.54) is 0 Å². The SMILES string of the molecule is CCc1cc2cn(CCCNC(=O)CCNC(=N)N)c(=O)nc2[nH]1. The number of carbonyl (C=O) groups excluding carboxylic acids is 1. The van der Waals surface area contributed by atoms with E-state index in [0.29, 0.717) is 31.7 Å². The first-order chi connectivity index (χ1) is 11.5. The van der Waals surface area contributed by atoms with Crippen LogP contribution >= 0.6 is 0 Å². The van der Waals surface area contributed by atoms with Gasteiger partial charge in [-0.1, -0.05) is 6.92 Å². The molecule has 24 heavy (non-hydrogen) atoms. The summed E-state index contributed by atoms with van der Waals surface area (Å²) in [5.74, 6) is -0.274. The highest BCUT2D eigenvalue weighted by Gasteiger charge is 2.06.